The van der Waals surface area contributed by atoms with Gasteiger partial charge >= 0.3 is 0 Å². The molecule has 0 aliphatic rings. The van der Waals surface area contributed by atoms with Gasteiger partial charge in [0.25, 0.3) is 5.56 Å². The average Bonchev–Trinajstić information content (AvgIpc) is 2.76. The number of hydrogen-bond donors (Lipinski definition) is 1. The molecule has 144 valence electrons. The van der Waals surface area contributed by atoms with E-state index in [2.05, 4.69) is 25.3 Å². The van der Waals surface area contributed by atoms with Gasteiger partial charge in [0.2, 0.25) is 0 Å². The lowest BCUT2D eigenvalue weighted by Gasteiger charge is -2.11. The monoisotopic (exact) mass is 384 g/mol. The fourth-order valence-corrected chi connectivity index (χ4v) is 2.93. The predicted octanol–water partition coefficient (Wildman–Crippen LogP) is 3.02. The number of hydrogen-bond acceptors (Lipinski definition) is 6. The number of pyridine rings is 3. The molecule has 7 nitrogen and oxygen atoms in total. The topological polar surface area (TPSA) is 84.5 Å². The van der Waals surface area contributed by atoms with E-state index in [0.717, 1.165) is 16.7 Å². The van der Waals surface area contributed by atoms with Gasteiger partial charge in [-0.25, -0.2) is 4.98 Å². The van der Waals surface area contributed by atoms with Crippen LogP contribution in [0.25, 0.3) is 5.65 Å². The van der Waals surface area contributed by atoms with E-state index in [1.165, 1.54) is 0 Å². The summed E-state index contributed by atoms with van der Waals surface area (Å²) in [5.74, 6) is 0.498. The van der Waals surface area contributed by atoms with Gasteiger partial charge in [-0.05, 0) is 41.8 Å². The lowest BCUT2D eigenvalue weighted by Crippen LogP contribution is -2.22. The molecule has 0 atom stereocenters. The largest absolute Gasteiger partial charge is 0.365 e. The van der Waals surface area contributed by atoms with E-state index in [-0.39, 0.29) is 5.56 Å². The fourth-order valence-electron chi connectivity index (χ4n) is 2.93. The first-order valence-electron chi connectivity index (χ1n) is 9.25. The van der Waals surface area contributed by atoms with Gasteiger partial charge in [-0.2, -0.15) is 0 Å². The third-order valence-electron chi connectivity index (χ3n) is 4.41. The minimum atomic E-state index is -0.165. The second kappa shape index (κ2) is 8.43. The van der Waals surface area contributed by atoms with Crippen LogP contribution >= 0.6 is 0 Å². The van der Waals surface area contributed by atoms with Gasteiger partial charge in [0.15, 0.2) is 0 Å². The second-order valence-corrected chi connectivity index (χ2v) is 6.66. The van der Waals surface area contributed by atoms with E-state index < -0.39 is 0 Å². The Morgan fingerprint density at radius 1 is 1.07 bits per heavy atom. The van der Waals surface area contributed by atoms with E-state index >= 15 is 0 Å². The summed E-state index contributed by atoms with van der Waals surface area (Å²) in [6.45, 7) is 2.88. The van der Waals surface area contributed by atoms with Crippen LogP contribution in [0, 0.1) is 6.92 Å². The first-order valence-corrected chi connectivity index (χ1v) is 9.25. The number of nitrogens with zero attached hydrogens (tertiary/aromatic N) is 5. The summed E-state index contributed by atoms with van der Waals surface area (Å²) >= 11 is 0. The van der Waals surface area contributed by atoms with Crippen molar-refractivity contribution in [3.05, 3.63) is 100.0 Å². The van der Waals surface area contributed by atoms with E-state index in [1.54, 1.807) is 41.6 Å². The number of rotatable bonds is 6. The van der Waals surface area contributed by atoms with Crippen LogP contribution in [-0.2, 0) is 13.1 Å². The summed E-state index contributed by atoms with van der Waals surface area (Å²) in [7, 11) is 0. The van der Waals surface area contributed by atoms with Crippen LogP contribution in [0.5, 0.6) is 0 Å². The Labute approximate surface area is 167 Å². The fraction of sp³-hybridized carbons (Fsp3) is 0.136. The first kappa shape index (κ1) is 18.5. The molecule has 0 bridgehead atoms. The molecule has 0 radical (unpaired) electrons. The zero-order valence-electron chi connectivity index (χ0n) is 16.0. The Morgan fingerprint density at radius 3 is 2.55 bits per heavy atom. The van der Waals surface area contributed by atoms with Crippen molar-refractivity contribution < 1.29 is 0 Å². The van der Waals surface area contributed by atoms with Crippen molar-refractivity contribution in [3.8, 4) is 0 Å². The summed E-state index contributed by atoms with van der Waals surface area (Å²) in [4.78, 5) is 30.4. The molecule has 0 saturated heterocycles. The number of aromatic nitrogens is 4. The molecular formula is C22H20N6O. The maximum Gasteiger partial charge on any atom is 0.268 e. The summed E-state index contributed by atoms with van der Waals surface area (Å²) in [6.07, 6.45) is 10.4. The minimum absolute atomic E-state index is 0.165. The highest BCUT2D eigenvalue weighted by atomic mass is 16.1. The van der Waals surface area contributed by atoms with Crippen LogP contribution in [0.15, 0.2) is 77.2 Å². The van der Waals surface area contributed by atoms with Crippen LogP contribution < -0.4 is 10.9 Å². The molecule has 0 saturated carbocycles. The number of aryl methyl sites for hydroxylation is 1. The molecule has 4 heterocycles. The van der Waals surface area contributed by atoms with Crippen LogP contribution in [0.3, 0.4) is 0 Å². The smallest absolute Gasteiger partial charge is 0.268 e. The van der Waals surface area contributed by atoms with E-state index in [0.29, 0.717) is 30.1 Å². The predicted molar refractivity (Wildman–Crippen MR) is 113 cm³/mol. The Hall–Kier alpha value is -3.87. The SMILES string of the molecule is Cc1ccc2nc(NCc3cccnc3)c(C=NCc3cccnc3)c(=O)n2c1. The normalized spacial score (nSPS) is 11.2. The number of anilines is 1. The van der Waals surface area contributed by atoms with Crippen molar-refractivity contribution in [3.63, 3.8) is 0 Å². The zero-order chi connectivity index (χ0) is 20.1. The van der Waals surface area contributed by atoms with Gasteiger partial charge in [0, 0.05) is 43.7 Å². The van der Waals surface area contributed by atoms with Crippen LogP contribution in [-0.4, -0.2) is 25.6 Å². The van der Waals surface area contributed by atoms with Gasteiger partial charge in [-0.3, -0.25) is 24.2 Å². The van der Waals surface area contributed by atoms with Gasteiger partial charge in [-0.1, -0.05) is 18.2 Å². The number of aliphatic imine (C=N–C) groups is 1. The molecule has 4 rings (SSSR count). The maximum absolute atomic E-state index is 13.1. The van der Waals surface area contributed by atoms with Gasteiger partial charge in [-0.15, -0.1) is 0 Å². The van der Waals surface area contributed by atoms with Crippen molar-refractivity contribution in [1.82, 2.24) is 19.4 Å². The third-order valence-corrected chi connectivity index (χ3v) is 4.41. The average molecular weight is 384 g/mol. The van der Waals surface area contributed by atoms with Crippen molar-refractivity contribution in [2.24, 2.45) is 4.99 Å². The van der Waals surface area contributed by atoms with Crippen LogP contribution in [0.4, 0.5) is 5.82 Å². The summed E-state index contributed by atoms with van der Waals surface area (Å²) < 4.78 is 1.55. The Morgan fingerprint density at radius 2 is 1.83 bits per heavy atom. The molecule has 29 heavy (non-hydrogen) atoms. The summed E-state index contributed by atoms with van der Waals surface area (Å²) in [5.41, 5.74) is 3.78. The molecule has 7 heteroatoms. The third kappa shape index (κ3) is 4.35. The van der Waals surface area contributed by atoms with Crippen molar-refractivity contribution in [2.75, 3.05) is 5.32 Å². The molecule has 0 fully saturated rings. The minimum Gasteiger partial charge on any atom is -0.365 e. The Kier molecular flexibility index (Phi) is 5.38. The lowest BCUT2D eigenvalue weighted by molar-refractivity contribution is 1.00. The van der Waals surface area contributed by atoms with Crippen molar-refractivity contribution >= 4 is 17.7 Å². The van der Waals surface area contributed by atoms with Crippen molar-refractivity contribution in [1.29, 1.82) is 0 Å². The van der Waals surface area contributed by atoms with Crippen LogP contribution in [0.2, 0.25) is 0 Å². The summed E-state index contributed by atoms with van der Waals surface area (Å²) in [5, 5.41) is 3.26. The highest BCUT2D eigenvalue weighted by Gasteiger charge is 2.11. The van der Waals surface area contributed by atoms with Gasteiger partial charge in [0.1, 0.15) is 17.0 Å². The molecule has 0 aromatic carbocycles. The molecule has 0 spiro atoms. The van der Waals surface area contributed by atoms with E-state index in [1.807, 2.05) is 43.3 Å². The zero-order valence-corrected chi connectivity index (χ0v) is 16.0. The number of fused-ring (bicyclic) bond motifs is 1. The molecule has 4 aromatic heterocycles. The molecule has 0 unspecified atom stereocenters. The van der Waals surface area contributed by atoms with E-state index in [4.69, 9.17) is 0 Å². The van der Waals surface area contributed by atoms with Gasteiger partial charge in [0.05, 0.1) is 6.54 Å². The molecule has 0 aliphatic heterocycles. The number of nitrogens with one attached hydrogen (secondary N) is 1. The Bertz CT molecular complexity index is 1200. The highest BCUT2D eigenvalue weighted by Crippen LogP contribution is 2.12. The molecule has 4 aromatic rings. The Balaban J connectivity index is 1.70. The van der Waals surface area contributed by atoms with E-state index in [9.17, 15) is 4.79 Å². The quantitative estimate of drug-likeness (QED) is 0.517. The summed E-state index contributed by atoms with van der Waals surface area (Å²) in [6, 6.07) is 11.4. The molecular weight excluding hydrogens is 364 g/mol. The molecule has 0 amide bonds. The highest BCUT2D eigenvalue weighted by molar-refractivity contribution is 5.86. The second-order valence-electron chi connectivity index (χ2n) is 6.66. The van der Waals surface area contributed by atoms with Gasteiger partial charge < -0.3 is 5.32 Å². The molecule has 0 aliphatic carbocycles. The standard InChI is InChI=1S/C22H20N6O/c1-16-6-7-20-27-21(26-13-18-5-3-9-24-11-18)19(22(29)28(20)15-16)14-25-12-17-4-2-8-23-10-17/h2-11,14-15,26H,12-13H2,1H3. The maximum atomic E-state index is 13.1. The first-order chi connectivity index (χ1) is 14.2. The lowest BCUT2D eigenvalue weighted by atomic mass is 10.2. The molecule has 1 N–H and O–H groups in total. The van der Waals surface area contributed by atoms with Crippen LogP contribution in [0.1, 0.15) is 22.3 Å². The van der Waals surface area contributed by atoms with Crippen molar-refractivity contribution in [2.45, 2.75) is 20.0 Å².